The highest BCUT2D eigenvalue weighted by molar-refractivity contribution is 7.99. The molecule has 4 heterocycles. The molecule has 7 nitrogen and oxygen atoms in total. The fraction of sp³-hybridized carbons (Fsp3) is 0.0588. The number of anilines is 1. The molecule has 10 heteroatoms. The molecule has 216 valence electrons. The molecule has 0 saturated carbocycles. The van der Waals surface area contributed by atoms with Crippen molar-refractivity contribution in [2.75, 3.05) is 5.32 Å². The fourth-order valence-electron chi connectivity index (χ4n) is 5.16. The molecule has 0 saturated heterocycles. The summed E-state index contributed by atoms with van der Waals surface area (Å²) in [6, 6.07) is 29.3. The minimum Gasteiger partial charge on any atom is -0.450 e. The Hall–Kier alpha value is -4.70. The predicted molar refractivity (Wildman–Crippen MR) is 175 cm³/mol. The zero-order valence-electron chi connectivity index (χ0n) is 23.2. The highest BCUT2D eigenvalue weighted by Crippen LogP contribution is 2.34. The number of furan rings is 1. The summed E-state index contributed by atoms with van der Waals surface area (Å²) in [6.07, 6.45) is 3.49. The number of amides is 1. The molecule has 0 bridgehead atoms. The van der Waals surface area contributed by atoms with E-state index in [4.69, 9.17) is 21.0 Å². The molecular formula is C34H23ClN4O3S2. The van der Waals surface area contributed by atoms with Crippen LogP contribution in [0.2, 0.25) is 5.02 Å². The van der Waals surface area contributed by atoms with E-state index in [1.165, 1.54) is 23.1 Å². The van der Waals surface area contributed by atoms with Crippen LogP contribution in [0.25, 0.3) is 17.0 Å². The van der Waals surface area contributed by atoms with E-state index >= 15 is 0 Å². The number of thiazole rings is 1. The Labute approximate surface area is 264 Å². The largest absolute Gasteiger partial charge is 0.450 e. The number of para-hydroxylation sites is 2. The highest BCUT2D eigenvalue weighted by Gasteiger charge is 2.32. The van der Waals surface area contributed by atoms with Gasteiger partial charge in [-0.15, -0.1) is 0 Å². The second-order valence-corrected chi connectivity index (χ2v) is 12.5. The standard InChI is InChI=1S/C34H23ClN4O3S2/c1-20-29(32(40)38-24-9-3-2-4-10-24)31(22-12-14-23(35)15-13-22)39-33(41)27(44-34(39)37-20)19-25-16-17-28(42-25)43-26-11-5-7-21-8-6-18-36-30(21)26/h2-19,31H,1H3,(H,38,40)/b27-19-/t31-/m1/s1. The highest BCUT2D eigenvalue weighted by atomic mass is 35.5. The predicted octanol–water partition coefficient (Wildman–Crippen LogP) is 6.82. The Morgan fingerprint density at radius 3 is 2.61 bits per heavy atom. The molecule has 6 aromatic rings. The number of nitrogens with zero attached hydrogens (tertiary/aromatic N) is 3. The first-order chi connectivity index (χ1) is 21.4. The van der Waals surface area contributed by atoms with Gasteiger partial charge in [0.25, 0.3) is 11.5 Å². The summed E-state index contributed by atoms with van der Waals surface area (Å²) in [4.78, 5) is 38.4. The van der Waals surface area contributed by atoms with Gasteiger partial charge in [0.2, 0.25) is 0 Å². The minimum atomic E-state index is -0.698. The van der Waals surface area contributed by atoms with Gasteiger partial charge in [0, 0.05) is 33.3 Å². The Kier molecular flexibility index (Phi) is 7.51. The van der Waals surface area contributed by atoms with Gasteiger partial charge in [-0.05, 0) is 72.8 Å². The van der Waals surface area contributed by atoms with Crippen LogP contribution in [0, 0.1) is 0 Å². The number of allylic oxidation sites excluding steroid dienone is 1. The minimum absolute atomic E-state index is 0.268. The molecule has 1 amide bonds. The van der Waals surface area contributed by atoms with Gasteiger partial charge in [-0.25, -0.2) is 4.99 Å². The summed E-state index contributed by atoms with van der Waals surface area (Å²) in [5, 5.41) is 5.24. The van der Waals surface area contributed by atoms with Crippen LogP contribution in [-0.2, 0) is 4.79 Å². The number of aromatic nitrogens is 2. The summed E-state index contributed by atoms with van der Waals surface area (Å²) < 4.78 is 8.14. The maximum atomic E-state index is 14.0. The lowest BCUT2D eigenvalue weighted by molar-refractivity contribution is -0.113. The maximum absolute atomic E-state index is 14.0. The van der Waals surface area contributed by atoms with E-state index in [9.17, 15) is 9.59 Å². The number of hydrogen-bond donors (Lipinski definition) is 1. The van der Waals surface area contributed by atoms with Gasteiger partial charge in [-0.2, -0.15) is 0 Å². The van der Waals surface area contributed by atoms with Crippen LogP contribution < -0.4 is 20.2 Å². The number of fused-ring (bicyclic) bond motifs is 2. The second kappa shape index (κ2) is 11.8. The molecule has 7 rings (SSSR count). The Balaban J connectivity index is 1.27. The molecular weight excluding hydrogens is 612 g/mol. The van der Waals surface area contributed by atoms with Crippen molar-refractivity contribution in [3.8, 4) is 0 Å². The number of pyridine rings is 1. The Morgan fingerprint density at radius 2 is 1.80 bits per heavy atom. The topological polar surface area (TPSA) is 89.5 Å². The van der Waals surface area contributed by atoms with Crippen molar-refractivity contribution in [1.29, 1.82) is 0 Å². The molecule has 1 aliphatic heterocycles. The Bertz CT molecular complexity index is 2250. The molecule has 1 N–H and O–H groups in total. The van der Waals surface area contributed by atoms with E-state index in [2.05, 4.69) is 10.3 Å². The summed E-state index contributed by atoms with van der Waals surface area (Å²) in [6.45, 7) is 1.79. The molecule has 1 aliphatic rings. The molecule has 0 aliphatic carbocycles. The molecule has 0 fully saturated rings. The van der Waals surface area contributed by atoms with Crippen molar-refractivity contribution >= 4 is 63.3 Å². The zero-order chi connectivity index (χ0) is 30.2. The van der Waals surface area contributed by atoms with Crippen LogP contribution >= 0.6 is 34.7 Å². The normalized spacial score (nSPS) is 14.9. The lowest BCUT2D eigenvalue weighted by Gasteiger charge is -2.25. The number of carbonyl (C=O) groups is 1. The number of halogens is 1. The summed E-state index contributed by atoms with van der Waals surface area (Å²) in [7, 11) is 0. The first-order valence-electron chi connectivity index (χ1n) is 13.7. The van der Waals surface area contributed by atoms with Crippen LogP contribution in [0.5, 0.6) is 0 Å². The van der Waals surface area contributed by atoms with E-state index in [0.717, 1.165) is 21.4 Å². The molecule has 44 heavy (non-hydrogen) atoms. The molecule has 0 spiro atoms. The first-order valence-corrected chi connectivity index (χ1v) is 15.7. The van der Waals surface area contributed by atoms with Crippen LogP contribution in [-0.4, -0.2) is 15.5 Å². The van der Waals surface area contributed by atoms with Crippen LogP contribution in [0.15, 0.2) is 139 Å². The number of hydrogen-bond acceptors (Lipinski definition) is 7. The first kappa shape index (κ1) is 28.1. The van der Waals surface area contributed by atoms with Crippen molar-refractivity contribution in [3.05, 3.63) is 151 Å². The number of nitrogens with one attached hydrogen (secondary N) is 1. The van der Waals surface area contributed by atoms with Crippen molar-refractivity contribution in [2.24, 2.45) is 4.99 Å². The monoisotopic (exact) mass is 634 g/mol. The number of benzene rings is 3. The van der Waals surface area contributed by atoms with Crippen molar-refractivity contribution in [2.45, 2.75) is 23.0 Å². The smallest absolute Gasteiger partial charge is 0.271 e. The molecule has 0 unspecified atom stereocenters. The average molecular weight is 635 g/mol. The fourth-order valence-corrected chi connectivity index (χ4v) is 7.21. The van der Waals surface area contributed by atoms with Gasteiger partial charge in [0.05, 0.1) is 27.4 Å². The zero-order valence-corrected chi connectivity index (χ0v) is 25.6. The van der Waals surface area contributed by atoms with E-state index in [1.54, 1.807) is 35.9 Å². The SMILES string of the molecule is CC1=C(C(=O)Nc2ccccc2)[C@@H](c2ccc(Cl)cc2)n2c(s/c(=C\c3ccc(Sc4cccc5cccnc45)o3)c2=O)=N1. The lowest BCUT2D eigenvalue weighted by Crippen LogP contribution is -2.40. The molecule has 3 aromatic heterocycles. The van der Waals surface area contributed by atoms with Crippen molar-refractivity contribution in [1.82, 2.24) is 9.55 Å². The molecule has 0 radical (unpaired) electrons. The van der Waals surface area contributed by atoms with E-state index in [0.29, 0.717) is 42.2 Å². The van der Waals surface area contributed by atoms with Gasteiger partial charge < -0.3 is 9.73 Å². The van der Waals surface area contributed by atoms with E-state index < -0.39 is 6.04 Å². The quantitative estimate of drug-likeness (QED) is 0.217. The second-order valence-electron chi connectivity index (χ2n) is 10.0. The van der Waals surface area contributed by atoms with Gasteiger partial charge in [0.15, 0.2) is 9.89 Å². The average Bonchev–Trinajstić information content (AvgIpc) is 3.60. The summed E-state index contributed by atoms with van der Waals surface area (Å²) in [5.74, 6) is 0.203. The van der Waals surface area contributed by atoms with Crippen LogP contribution in [0.3, 0.4) is 0 Å². The maximum Gasteiger partial charge on any atom is 0.271 e. The van der Waals surface area contributed by atoms with E-state index in [1.807, 2.05) is 84.9 Å². The van der Waals surface area contributed by atoms with Crippen molar-refractivity contribution in [3.63, 3.8) is 0 Å². The summed E-state index contributed by atoms with van der Waals surface area (Å²) >= 11 is 8.92. The van der Waals surface area contributed by atoms with Gasteiger partial charge in [0.1, 0.15) is 5.76 Å². The number of rotatable bonds is 6. The molecule has 3 aromatic carbocycles. The van der Waals surface area contributed by atoms with Gasteiger partial charge in [-0.1, -0.05) is 71.5 Å². The third-order valence-corrected chi connectivity index (χ3v) is 9.37. The van der Waals surface area contributed by atoms with Crippen LogP contribution in [0.1, 0.15) is 24.3 Å². The third-order valence-electron chi connectivity index (χ3n) is 7.17. The third kappa shape index (κ3) is 5.41. The number of carbonyl (C=O) groups excluding carboxylic acids is 1. The lowest BCUT2D eigenvalue weighted by atomic mass is 9.95. The molecule has 1 atom stereocenters. The van der Waals surface area contributed by atoms with Crippen molar-refractivity contribution < 1.29 is 9.21 Å². The van der Waals surface area contributed by atoms with E-state index in [-0.39, 0.29) is 11.5 Å². The summed E-state index contributed by atoms with van der Waals surface area (Å²) in [5.41, 5.74) is 2.94. The van der Waals surface area contributed by atoms with Crippen LogP contribution in [0.4, 0.5) is 5.69 Å². The Morgan fingerprint density at radius 1 is 1.00 bits per heavy atom. The van der Waals surface area contributed by atoms with Gasteiger partial charge in [-0.3, -0.25) is 19.1 Å². The van der Waals surface area contributed by atoms with Gasteiger partial charge >= 0.3 is 0 Å².